The van der Waals surface area contributed by atoms with Crippen molar-refractivity contribution < 1.29 is 9.63 Å². The fraction of sp³-hybridized carbons (Fsp3) is 0.269. The zero-order valence-electron chi connectivity index (χ0n) is 18.4. The number of pyridine rings is 1. The Morgan fingerprint density at radius 1 is 1.06 bits per heavy atom. The van der Waals surface area contributed by atoms with Gasteiger partial charge in [0.25, 0.3) is 0 Å². The molecule has 3 aromatic rings. The van der Waals surface area contributed by atoms with E-state index >= 15 is 0 Å². The van der Waals surface area contributed by atoms with E-state index in [4.69, 9.17) is 4.84 Å². The predicted octanol–water partition coefficient (Wildman–Crippen LogP) is 4.74. The maximum Gasteiger partial charge on any atom is 0.316 e. The van der Waals surface area contributed by atoms with Crippen molar-refractivity contribution in [1.82, 2.24) is 15.6 Å². The lowest BCUT2D eigenvalue weighted by Gasteiger charge is -2.35. The van der Waals surface area contributed by atoms with E-state index in [1.54, 1.807) is 6.20 Å². The SMILES string of the molecule is CC(NC(=O)NC(C)(c1ccccc1)C1CC(Cc2ccccc2)=NO1)c1ccccn1. The summed E-state index contributed by atoms with van der Waals surface area (Å²) in [6, 6.07) is 25.2. The van der Waals surface area contributed by atoms with Crippen LogP contribution >= 0.6 is 0 Å². The Kier molecular flexibility index (Phi) is 6.50. The van der Waals surface area contributed by atoms with Crippen molar-refractivity contribution in [1.29, 1.82) is 0 Å². The van der Waals surface area contributed by atoms with Gasteiger partial charge in [-0.1, -0.05) is 71.9 Å². The van der Waals surface area contributed by atoms with Gasteiger partial charge in [0.1, 0.15) is 5.54 Å². The molecule has 0 aliphatic carbocycles. The van der Waals surface area contributed by atoms with Gasteiger partial charge in [-0.2, -0.15) is 0 Å². The van der Waals surface area contributed by atoms with E-state index in [2.05, 4.69) is 32.9 Å². The average molecular weight is 429 g/mol. The maximum absolute atomic E-state index is 13.0. The van der Waals surface area contributed by atoms with Crippen LogP contribution in [0.3, 0.4) is 0 Å². The minimum Gasteiger partial charge on any atom is -0.389 e. The summed E-state index contributed by atoms with van der Waals surface area (Å²) in [6.07, 6.45) is 2.76. The van der Waals surface area contributed by atoms with Crippen LogP contribution in [0, 0.1) is 0 Å². The van der Waals surface area contributed by atoms with Crippen LogP contribution in [-0.4, -0.2) is 22.8 Å². The summed E-state index contributed by atoms with van der Waals surface area (Å²) in [5.41, 5.74) is 3.15. The molecular weight excluding hydrogens is 400 g/mol. The van der Waals surface area contributed by atoms with Crippen LogP contribution in [0.4, 0.5) is 4.79 Å². The molecule has 0 saturated carbocycles. The van der Waals surface area contributed by atoms with Gasteiger partial charge in [0.05, 0.1) is 17.4 Å². The molecule has 6 heteroatoms. The third-order valence-corrected chi connectivity index (χ3v) is 5.85. The van der Waals surface area contributed by atoms with Crippen LogP contribution in [0.1, 0.15) is 43.1 Å². The number of benzene rings is 2. The first kappa shape index (κ1) is 21.6. The first-order chi connectivity index (χ1) is 15.5. The van der Waals surface area contributed by atoms with E-state index in [-0.39, 0.29) is 18.2 Å². The predicted molar refractivity (Wildman–Crippen MR) is 125 cm³/mol. The molecule has 0 bridgehead atoms. The van der Waals surface area contributed by atoms with Crippen LogP contribution in [0.2, 0.25) is 0 Å². The molecule has 164 valence electrons. The Hall–Kier alpha value is -3.67. The van der Waals surface area contributed by atoms with E-state index in [9.17, 15) is 4.79 Å². The summed E-state index contributed by atoms with van der Waals surface area (Å²) in [6.45, 7) is 3.90. The standard InChI is InChI=1S/C26H28N4O2/c1-19(23-15-9-10-16-27-23)28-25(31)29-26(2,21-13-7-4-8-14-21)24-18-22(30-32-24)17-20-11-5-3-6-12-20/h3-16,19,24H,17-18H2,1-2H3,(H2,28,29,31). The van der Waals surface area contributed by atoms with Crippen LogP contribution in [-0.2, 0) is 16.8 Å². The number of nitrogens with one attached hydrogen (secondary N) is 2. The van der Waals surface area contributed by atoms with Gasteiger partial charge < -0.3 is 15.5 Å². The number of urea groups is 1. The molecule has 3 atom stereocenters. The van der Waals surface area contributed by atoms with Gasteiger partial charge in [-0.3, -0.25) is 4.98 Å². The molecule has 2 heterocycles. The van der Waals surface area contributed by atoms with E-state index in [1.165, 1.54) is 5.56 Å². The molecule has 0 radical (unpaired) electrons. The molecule has 2 N–H and O–H groups in total. The smallest absolute Gasteiger partial charge is 0.316 e. The summed E-state index contributed by atoms with van der Waals surface area (Å²) >= 11 is 0. The first-order valence-corrected chi connectivity index (χ1v) is 10.9. The second-order valence-electron chi connectivity index (χ2n) is 8.26. The van der Waals surface area contributed by atoms with Crippen molar-refractivity contribution in [2.24, 2.45) is 5.16 Å². The molecule has 3 unspecified atom stereocenters. The largest absolute Gasteiger partial charge is 0.389 e. The monoisotopic (exact) mass is 428 g/mol. The number of nitrogens with zero attached hydrogens (tertiary/aromatic N) is 2. The summed E-state index contributed by atoms with van der Waals surface area (Å²) < 4.78 is 0. The normalized spacial score (nSPS) is 18.1. The van der Waals surface area contributed by atoms with Crippen LogP contribution in [0.15, 0.2) is 90.2 Å². The van der Waals surface area contributed by atoms with Crippen molar-refractivity contribution in [3.05, 3.63) is 102 Å². The van der Waals surface area contributed by atoms with Crippen molar-refractivity contribution in [2.45, 2.75) is 44.4 Å². The van der Waals surface area contributed by atoms with Gasteiger partial charge in [0.15, 0.2) is 6.10 Å². The number of rotatable bonds is 7. The quantitative estimate of drug-likeness (QED) is 0.570. The van der Waals surface area contributed by atoms with Crippen molar-refractivity contribution in [3.8, 4) is 0 Å². The zero-order chi connectivity index (χ0) is 22.4. The van der Waals surface area contributed by atoms with Crippen LogP contribution < -0.4 is 10.6 Å². The third kappa shape index (κ3) is 4.97. The van der Waals surface area contributed by atoms with Gasteiger partial charge in [-0.05, 0) is 37.1 Å². The van der Waals surface area contributed by atoms with E-state index in [1.807, 2.05) is 80.6 Å². The van der Waals surface area contributed by atoms with E-state index in [0.717, 1.165) is 23.4 Å². The molecular formula is C26H28N4O2. The zero-order valence-corrected chi connectivity index (χ0v) is 18.4. The number of carbonyl (C=O) groups excluding carboxylic acids is 1. The van der Waals surface area contributed by atoms with Crippen molar-refractivity contribution in [2.75, 3.05) is 0 Å². The lowest BCUT2D eigenvalue weighted by Crippen LogP contribution is -2.55. The number of carbonyl (C=O) groups is 1. The Morgan fingerprint density at radius 3 is 2.44 bits per heavy atom. The second-order valence-corrected chi connectivity index (χ2v) is 8.26. The minimum atomic E-state index is -0.767. The maximum atomic E-state index is 13.0. The summed E-state index contributed by atoms with van der Waals surface area (Å²) in [4.78, 5) is 23.2. The summed E-state index contributed by atoms with van der Waals surface area (Å²) in [5.74, 6) is 0. The van der Waals surface area contributed by atoms with E-state index < -0.39 is 5.54 Å². The molecule has 0 fully saturated rings. The minimum absolute atomic E-state index is 0.231. The van der Waals surface area contributed by atoms with E-state index in [0.29, 0.717) is 6.42 Å². The third-order valence-electron chi connectivity index (χ3n) is 5.85. The molecule has 0 saturated heterocycles. The lowest BCUT2D eigenvalue weighted by molar-refractivity contribution is 0.0180. The number of oxime groups is 1. The van der Waals surface area contributed by atoms with Gasteiger partial charge in [0, 0.05) is 19.0 Å². The molecule has 1 aliphatic rings. The van der Waals surface area contributed by atoms with Crippen LogP contribution in [0.25, 0.3) is 0 Å². The molecule has 2 amide bonds. The Bertz CT molecular complexity index is 1060. The Balaban J connectivity index is 1.49. The second kappa shape index (κ2) is 9.64. The number of aromatic nitrogens is 1. The molecule has 4 rings (SSSR count). The summed E-state index contributed by atoms with van der Waals surface area (Å²) in [7, 11) is 0. The molecule has 2 aromatic carbocycles. The highest BCUT2D eigenvalue weighted by molar-refractivity contribution is 5.88. The molecule has 1 aliphatic heterocycles. The van der Waals surface area contributed by atoms with Gasteiger partial charge in [-0.25, -0.2) is 4.79 Å². The van der Waals surface area contributed by atoms with Crippen molar-refractivity contribution in [3.63, 3.8) is 0 Å². The van der Waals surface area contributed by atoms with Gasteiger partial charge in [0.2, 0.25) is 0 Å². The lowest BCUT2D eigenvalue weighted by atomic mass is 9.83. The van der Waals surface area contributed by atoms with Gasteiger partial charge in [-0.15, -0.1) is 0 Å². The number of hydrogen-bond donors (Lipinski definition) is 2. The fourth-order valence-corrected chi connectivity index (χ4v) is 3.97. The molecule has 32 heavy (non-hydrogen) atoms. The average Bonchev–Trinajstić information content (AvgIpc) is 3.30. The first-order valence-electron chi connectivity index (χ1n) is 10.9. The molecule has 0 spiro atoms. The molecule has 1 aromatic heterocycles. The van der Waals surface area contributed by atoms with Crippen molar-refractivity contribution >= 4 is 11.7 Å². The van der Waals surface area contributed by atoms with Crippen LogP contribution in [0.5, 0.6) is 0 Å². The number of amides is 2. The molecule has 6 nitrogen and oxygen atoms in total. The highest BCUT2D eigenvalue weighted by Crippen LogP contribution is 2.33. The Labute approximate surface area is 188 Å². The fourth-order valence-electron chi connectivity index (χ4n) is 3.97. The Morgan fingerprint density at radius 2 is 1.75 bits per heavy atom. The topological polar surface area (TPSA) is 75.6 Å². The highest BCUT2D eigenvalue weighted by Gasteiger charge is 2.42. The highest BCUT2D eigenvalue weighted by atomic mass is 16.6. The number of hydrogen-bond acceptors (Lipinski definition) is 4. The van der Waals surface area contributed by atoms with Gasteiger partial charge >= 0.3 is 6.03 Å². The summed E-state index contributed by atoms with van der Waals surface area (Å²) in [5, 5.41) is 10.5.